The Kier molecular flexibility index (Phi) is 8.87. The van der Waals surface area contributed by atoms with Gasteiger partial charge in [0.15, 0.2) is 0 Å². The van der Waals surface area contributed by atoms with Crippen LogP contribution in [0.15, 0.2) is 34.3 Å². The fourth-order valence-electron chi connectivity index (χ4n) is 6.17. The van der Waals surface area contributed by atoms with Gasteiger partial charge in [-0.15, -0.1) is 0 Å². The van der Waals surface area contributed by atoms with Crippen LogP contribution in [0.5, 0.6) is 0 Å². The summed E-state index contributed by atoms with van der Waals surface area (Å²) in [5.74, 6) is 0. The maximum absolute atomic E-state index is 4.80. The molecule has 0 radical (unpaired) electrons. The van der Waals surface area contributed by atoms with Crippen LogP contribution in [0.1, 0.15) is 115 Å². The SMILES string of the molecule is Cc1cc(C(C)(C)CC(C)(C)C)cc(C)c1N=CC=Nc1c(C)cc(C(C)(C)CC(C)(C)C)cc1C. The van der Waals surface area contributed by atoms with E-state index in [1.165, 1.54) is 33.4 Å². The summed E-state index contributed by atoms with van der Waals surface area (Å²) in [6.45, 7) is 32.0. The van der Waals surface area contributed by atoms with E-state index in [1.807, 2.05) is 12.4 Å². The number of aryl methyl sites for hydroxylation is 4. The zero-order valence-electron chi connectivity index (χ0n) is 25.8. The molecule has 0 atom stereocenters. The van der Waals surface area contributed by atoms with Crippen LogP contribution in [0, 0.1) is 38.5 Å². The van der Waals surface area contributed by atoms with Gasteiger partial charge < -0.3 is 0 Å². The lowest BCUT2D eigenvalue weighted by molar-refractivity contribution is 0.283. The van der Waals surface area contributed by atoms with Crippen LogP contribution in [0.25, 0.3) is 0 Å². The fraction of sp³-hybridized carbons (Fsp3) is 0.588. The van der Waals surface area contributed by atoms with Gasteiger partial charge in [-0.3, -0.25) is 9.98 Å². The van der Waals surface area contributed by atoms with Gasteiger partial charge in [0, 0.05) is 12.4 Å². The topological polar surface area (TPSA) is 24.7 Å². The highest BCUT2D eigenvalue weighted by atomic mass is 14.8. The molecule has 0 aliphatic carbocycles. The molecule has 36 heavy (non-hydrogen) atoms. The molecule has 0 unspecified atom stereocenters. The summed E-state index contributed by atoms with van der Waals surface area (Å²) in [4.78, 5) is 9.60. The molecule has 2 rings (SSSR count). The van der Waals surface area contributed by atoms with Gasteiger partial charge in [-0.2, -0.15) is 0 Å². The van der Waals surface area contributed by atoms with E-state index < -0.39 is 0 Å². The van der Waals surface area contributed by atoms with Crippen molar-refractivity contribution >= 4 is 23.8 Å². The molecular weight excluding hydrogens is 436 g/mol. The van der Waals surface area contributed by atoms with Crippen molar-refractivity contribution in [2.24, 2.45) is 20.8 Å². The van der Waals surface area contributed by atoms with Crippen LogP contribution in [-0.2, 0) is 10.8 Å². The minimum atomic E-state index is 0.125. The van der Waals surface area contributed by atoms with Crippen molar-refractivity contribution in [3.8, 4) is 0 Å². The Morgan fingerprint density at radius 1 is 0.500 bits per heavy atom. The van der Waals surface area contributed by atoms with E-state index in [-0.39, 0.29) is 21.7 Å². The van der Waals surface area contributed by atoms with E-state index in [9.17, 15) is 0 Å². The first-order valence-corrected chi connectivity index (χ1v) is 13.5. The van der Waals surface area contributed by atoms with E-state index in [1.54, 1.807) is 0 Å². The highest BCUT2D eigenvalue weighted by Gasteiger charge is 2.29. The van der Waals surface area contributed by atoms with Crippen molar-refractivity contribution in [3.05, 3.63) is 57.6 Å². The molecule has 0 fully saturated rings. The van der Waals surface area contributed by atoms with Crippen LogP contribution in [0.4, 0.5) is 11.4 Å². The van der Waals surface area contributed by atoms with Gasteiger partial charge in [0.25, 0.3) is 0 Å². The Bertz CT molecular complexity index is 991. The Balaban J connectivity index is 2.27. The van der Waals surface area contributed by atoms with E-state index in [2.05, 4.69) is 121 Å². The highest BCUT2D eigenvalue weighted by molar-refractivity contribution is 6.17. The van der Waals surface area contributed by atoms with E-state index in [0.717, 1.165) is 24.2 Å². The molecular formula is C34H52N2. The molecule has 0 amide bonds. The van der Waals surface area contributed by atoms with Gasteiger partial charge in [-0.1, -0.05) is 93.5 Å². The monoisotopic (exact) mass is 488 g/mol. The van der Waals surface area contributed by atoms with Crippen LogP contribution in [0.2, 0.25) is 0 Å². The quantitative estimate of drug-likeness (QED) is 0.346. The summed E-state index contributed by atoms with van der Waals surface area (Å²) < 4.78 is 0. The van der Waals surface area contributed by atoms with Crippen molar-refractivity contribution < 1.29 is 0 Å². The number of benzene rings is 2. The second kappa shape index (κ2) is 10.6. The number of hydrogen-bond acceptors (Lipinski definition) is 2. The van der Waals surface area contributed by atoms with Gasteiger partial charge in [0.05, 0.1) is 11.4 Å². The summed E-state index contributed by atoms with van der Waals surface area (Å²) in [7, 11) is 0. The number of rotatable bonds is 7. The van der Waals surface area contributed by atoms with Crippen molar-refractivity contribution in [3.63, 3.8) is 0 Å². The Hall–Kier alpha value is -2.22. The number of nitrogens with zero attached hydrogens (tertiary/aromatic N) is 2. The molecule has 2 aromatic rings. The normalized spacial score (nSPS) is 13.8. The average Bonchev–Trinajstić information content (AvgIpc) is 2.64. The third kappa shape index (κ3) is 8.15. The average molecular weight is 489 g/mol. The van der Waals surface area contributed by atoms with E-state index in [4.69, 9.17) is 9.98 Å². The Labute approximate surface area is 222 Å². The molecule has 0 aliphatic heterocycles. The minimum absolute atomic E-state index is 0.125. The molecule has 0 saturated heterocycles. The van der Waals surface area contributed by atoms with Crippen molar-refractivity contribution in [1.82, 2.24) is 0 Å². The lowest BCUT2D eigenvalue weighted by Crippen LogP contribution is -2.25. The van der Waals surface area contributed by atoms with Gasteiger partial charge in [-0.05, 0) is 95.6 Å². The second-order valence-corrected chi connectivity index (χ2v) is 14.7. The molecule has 198 valence electrons. The Morgan fingerprint density at radius 2 is 0.750 bits per heavy atom. The van der Waals surface area contributed by atoms with E-state index in [0.29, 0.717) is 0 Å². The smallest absolute Gasteiger partial charge is 0.0688 e. The van der Waals surface area contributed by atoms with Crippen molar-refractivity contribution in [2.75, 3.05) is 0 Å². The third-order valence-corrected chi connectivity index (χ3v) is 6.96. The standard InChI is InChI=1S/C34H52N2/c1-23-17-27(33(11,12)21-31(5,6)7)18-24(2)29(23)35-15-16-36-30-25(3)19-28(20-26(30)4)34(13,14)22-32(8,9)10/h15-20H,21-22H2,1-14H3. The van der Waals surface area contributed by atoms with Crippen molar-refractivity contribution in [1.29, 1.82) is 0 Å². The molecule has 0 spiro atoms. The zero-order chi connectivity index (χ0) is 27.7. The van der Waals surface area contributed by atoms with Gasteiger partial charge >= 0.3 is 0 Å². The molecule has 0 saturated carbocycles. The molecule has 0 aliphatic rings. The predicted octanol–water partition coefficient (Wildman–Crippen LogP) is 10.5. The molecule has 2 heteroatoms. The maximum Gasteiger partial charge on any atom is 0.0688 e. The first-order valence-electron chi connectivity index (χ1n) is 13.5. The third-order valence-electron chi connectivity index (χ3n) is 6.96. The van der Waals surface area contributed by atoms with Gasteiger partial charge in [-0.25, -0.2) is 0 Å². The largest absolute Gasteiger partial charge is 0.255 e. The van der Waals surface area contributed by atoms with Crippen LogP contribution in [0.3, 0.4) is 0 Å². The second-order valence-electron chi connectivity index (χ2n) is 14.7. The van der Waals surface area contributed by atoms with E-state index >= 15 is 0 Å². The molecule has 0 heterocycles. The first kappa shape index (κ1) is 30.0. The van der Waals surface area contributed by atoms with Crippen molar-refractivity contribution in [2.45, 2.75) is 121 Å². The summed E-state index contributed by atoms with van der Waals surface area (Å²) >= 11 is 0. The molecule has 2 nitrogen and oxygen atoms in total. The number of hydrogen-bond donors (Lipinski definition) is 0. The van der Waals surface area contributed by atoms with Crippen LogP contribution < -0.4 is 0 Å². The molecule has 0 aromatic heterocycles. The molecule has 2 aromatic carbocycles. The van der Waals surface area contributed by atoms with Gasteiger partial charge in [0.1, 0.15) is 0 Å². The summed E-state index contributed by atoms with van der Waals surface area (Å²) in [6.07, 6.45) is 5.95. The maximum atomic E-state index is 4.80. The fourth-order valence-corrected chi connectivity index (χ4v) is 6.17. The lowest BCUT2D eigenvalue weighted by atomic mass is 9.71. The highest BCUT2D eigenvalue weighted by Crippen LogP contribution is 2.40. The van der Waals surface area contributed by atoms with Crippen LogP contribution in [-0.4, -0.2) is 12.4 Å². The molecule has 0 bridgehead atoms. The van der Waals surface area contributed by atoms with Crippen LogP contribution >= 0.6 is 0 Å². The Morgan fingerprint density at radius 3 is 0.972 bits per heavy atom. The van der Waals surface area contributed by atoms with Gasteiger partial charge in [0.2, 0.25) is 0 Å². The zero-order valence-corrected chi connectivity index (χ0v) is 25.8. The first-order chi connectivity index (χ1) is 16.2. The summed E-state index contributed by atoms with van der Waals surface area (Å²) in [5, 5.41) is 0. The number of aliphatic imine (C=N–C) groups is 2. The predicted molar refractivity (Wildman–Crippen MR) is 162 cm³/mol. The summed E-state index contributed by atoms with van der Waals surface area (Å²) in [5.41, 5.74) is 10.6. The lowest BCUT2D eigenvalue weighted by Gasteiger charge is -2.33. The molecule has 0 N–H and O–H groups in total. The minimum Gasteiger partial charge on any atom is -0.255 e. The summed E-state index contributed by atoms with van der Waals surface area (Å²) in [6, 6.07) is 9.26.